The van der Waals surface area contributed by atoms with E-state index in [2.05, 4.69) is 10.3 Å². The highest BCUT2D eigenvalue weighted by Gasteiger charge is 2.09. The summed E-state index contributed by atoms with van der Waals surface area (Å²) in [5.41, 5.74) is 8.92. The van der Waals surface area contributed by atoms with E-state index < -0.39 is 0 Å². The molecule has 5 nitrogen and oxygen atoms in total. The predicted octanol–water partition coefficient (Wildman–Crippen LogP) is 1.78. The second-order valence-electron chi connectivity index (χ2n) is 4.29. The van der Waals surface area contributed by atoms with Crippen LogP contribution in [0.2, 0.25) is 0 Å². The molecule has 1 aromatic heterocycles. The highest BCUT2D eigenvalue weighted by Crippen LogP contribution is 2.17. The SMILES string of the molecule is Cc1ncsc1CNC(=O)COc1ccccc1C(N)=S. The Hall–Kier alpha value is -1.99. The van der Waals surface area contributed by atoms with Gasteiger partial charge in [-0.3, -0.25) is 4.79 Å². The molecule has 1 heterocycles. The van der Waals surface area contributed by atoms with Gasteiger partial charge in [0.15, 0.2) is 6.61 Å². The standard InChI is InChI=1S/C14H15N3O2S2/c1-9-12(21-8-17-9)6-16-13(18)7-19-11-5-3-2-4-10(11)14(15)20/h2-5,8H,6-7H2,1H3,(H2,15,20)(H,16,18). The van der Waals surface area contributed by atoms with Crippen LogP contribution in [-0.2, 0) is 11.3 Å². The van der Waals surface area contributed by atoms with Crippen molar-refractivity contribution in [1.29, 1.82) is 0 Å². The lowest BCUT2D eigenvalue weighted by molar-refractivity contribution is -0.123. The number of ether oxygens (including phenoxy) is 1. The van der Waals surface area contributed by atoms with Crippen LogP contribution in [0.15, 0.2) is 29.8 Å². The monoisotopic (exact) mass is 321 g/mol. The maximum absolute atomic E-state index is 11.8. The number of amides is 1. The van der Waals surface area contributed by atoms with Gasteiger partial charge >= 0.3 is 0 Å². The number of thiocarbonyl (C=S) groups is 1. The number of benzene rings is 1. The molecule has 7 heteroatoms. The van der Waals surface area contributed by atoms with Gasteiger partial charge in [0.1, 0.15) is 10.7 Å². The van der Waals surface area contributed by atoms with E-state index in [1.54, 1.807) is 23.7 Å². The Kier molecular flexibility index (Phi) is 5.24. The maximum atomic E-state index is 11.8. The van der Waals surface area contributed by atoms with Gasteiger partial charge in [0, 0.05) is 4.88 Å². The Morgan fingerprint density at radius 2 is 2.24 bits per heavy atom. The Bertz CT molecular complexity index is 655. The van der Waals surface area contributed by atoms with E-state index in [-0.39, 0.29) is 17.5 Å². The Morgan fingerprint density at radius 1 is 1.48 bits per heavy atom. The zero-order valence-electron chi connectivity index (χ0n) is 11.5. The molecule has 0 radical (unpaired) electrons. The molecule has 3 N–H and O–H groups in total. The van der Waals surface area contributed by atoms with Crippen molar-refractivity contribution in [2.24, 2.45) is 5.73 Å². The number of nitrogens with two attached hydrogens (primary N) is 1. The molecular weight excluding hydrogens is 306 g/mol. The third kappa shape index (κ3) is 4.24. The van der Waals surface area contributed by atoms with E-state index in [0.717, 1.165) is 10.6 Å². The summed E-state index contributed by atoms with van der Waals surface area (Å²) in [6.07, 6.45) is 0. The van der Waals surface area contributed by atoms with Crippen molar-refractivity contribution in [3.63, 3.8) is 0 Å². The van der Waals surface area contributed by atoms with Crippen LogP contribution in [0.25, 0.3) is 0 Å². The average molecular weight is 321 g/mol. The Labute approximate surface area is 132 Å². The second-order valence-corrected chi connectivity index (χ2v) is 5.67. The Balaban J connectivity index is 1.87. The number of thiazole rings is 1. The van der Waals surface area contributed by atoms with Crippen molar-refractivity contribution in [2.75, 3.05) is 6.61 Å². The van der Waals surface area contributed by atoms with Crippen LogP contribution in [0.1, 0.15) is 16.1 Å². The Morgan fingerprint density at radius 3 is 2.90 bits per heavy atom. The largest absolute Gasteiger partial charge is 0.483 e. The van der Waals surface area contributed by atoms with Crippen LogP contribution in [0.3, 0.4) is 0 Å². The van der Waals surface area contributed by atoms with Crippen molar-refractivity contribution >= 4 is 34.5 Å². The minimum Gasteiger partial charge on any atom is -0.483 e. The van der Waals surface area contributed by atoms with Crippen molar-refractivity contribution < 1.29 is 9.53 Å². The number of hydrogen-bond donors (Lipinski definition) is 2. The third-order valence-corrected chi connectivity index (χ3v) is 3.96. The van der Waals surface area contributed by atoms with E-state index in [4.69, 9.17) is 22.7 Å². The van der Waals surface area contributed by atoms with Crippen molar-refractivity contribution in [3.05, 3.63) is 45.9 Å². The first-order valence-electron chi connectivity index (χ1n) is 6.25. The summed E-state index contributed by atoms with van der Waals surface area (Å²) in [6, 6.07) is 7.11. The molecule has 0 spiro atoms. The molecular formula is C14H15N3O2S2. The number of para-hydroxylation sites is 1. The van der Waals surface area contributed by atoms with Crippen LogP contribution in [0.4, 0.5) is 0 Å². The first-order valence-corrected chi connectivity index (χ1v) is 7.54. The number of nitrogens with one attached hydrogen (secondary N) is 1. The molecule has 110 valence electrons. The molecule has 2 aromatic rings. The van der Waals surface area contributed by atoms with Crippen LogP contribution in [0, 0.1) is 6.92 Å². The summed E-state index contributed by atoms with van der Waals surface area (Å²) < 4.78 is 5.47. The lowest BCUT2D eigenvalue weighted by Crippen LogP contribution is -2.28. The summed E-state index contributed by atoms with van der Waals surface area (Å²) in [7, 11) is 0. The molecule has 0 bridgehead atoms. The van der Waals surface area contributed by atoms with Gasteiger partial charge in [-0.05, 0) is 19.1 Å². The van der Waals surface area contributed by atoms with Crippen molar-refractivity contribution in [2.45, 2.75) is 13.5 Å². The number of carbonyl (C=O) groups excluding carboxylic acids is 1. The topological polar surface area (TPSA) is 77.2 Å². The smallest absolute Gasteiger partial charge is 0.258 e. The molecule has 0 unspecified atom stereocenters. The fourth-order valence-corrected chi connectivity index (χ4v) is 2.55. The minimum absolute atomic E-state index is 0.0858. The quantitative estimate of drug-likeness (QED) is 0.793. The molecule has 0 saturated carbocycles. The molecule has 0 aliphatic rings. The molecule has 2 rings (SSSR count). The van der Waals surface area contributed by atoms with E-state index in [1.807, 2.05) is 13.0 Å². The van der Waals surface area contributed by atoms with Gasteiger partial charge in [0.25, 0.3) is 5.91 Å². The minimum atomic E-state index is -0.208. The van der Waals surface area contributed by atoms with Gasteiger partial charge in [-0.15, -0.1) is 11.3 Å². The van der Waals surface area contributed by atoms with E-state index in [0.29, 0.717) is 17.9 Å². The summed E-state index contributed by atoms with van der Waals surface area (Å²) in [4.78, 5) is 17.2. The second kappa shape index (κ2) is 7.14. The van der Waals surface area contributed by atoms with Gasteiger partial charge in [-0.25, -0.2) is 4.98 Å². The van der Waals surface area contributed by atoms with Crippen molar-refractivity contribution in [1.82, 2.24) is 10.3 Å². The normalized spacial score (nSPS) is 10.1. The third-order valence-electron chi connectivity index (χ3n) is 2.80. The predicted molar refractivity (Wildman–Crippen MR) is 86.5 cm³/mol. The number of nitrogens with zero attached hydrogens (tertiary/aromatic N) is 1. The number of carbonyl (C=O) groups is 1. The van der Waals surface area contributed by atoms with Gasteiger partial charge in [-0.2, -0.15) is 0 Å². The fourth-order valence-electron chi connectivity index (χ4n) is 1.67. The molecule has 21 heavy (non-hydrogen) atoms. The molecule has 0 fully saturated rings. The number of hydrogen-bond acceptors (Lipinski definition) is 5. The molecule has 1 aromatic carbocycles. The van der Waals surface area contributed by atoms with Crippen LogP contribution in [-0.4, -0.2) is 22.5 Å². The fraction of sp³-hybridized carbons (Fsp3) is 0.214. The first kappa shape index (κ1) is 15.4. The highest BCUT2D eigenvalue weighted by molar-refractivity contribution is 7.80. The van der Waals surface area contributed by atoms with Crippen LogP contribution in [0.5, 0.6) is 5.75 Å². The zero-order chi connectivity index (χ0) is 15.2. The van der Waals surface area contributed by atoms with E-state index in [1.165, 1.54) is 11.3 Å². The van der Waals surface area contributed by atoms with Gasteiger partial charge in [0.05, 0.1) is 23.3 Å². The van der Waals surface area contributed by atoms with Gasteiger partial charge in [0.2, 0.25) is 0 Å². The average Bonchev–Trinajstić information content (AvgIpc) is 2.88. The molecule has 0 atom stereocenters. The lowest BCUT2D eigenvalue weighted by atomic mass is 10.2. The van der Waals surface area contributed by atoms with Gasteiger partial charge in [-0.1, -0.05) is 24.4 Å². The highest BCUT2D eigenvalue weighted by atomic mass is 32.1. The lowest BCUT2D eigenvalue weighted by Gasteiger charge is -2.10. The molecule has 1 amide bonds. The van der Waals surface area contributed by atoms with E-state index in [9.17, 15) is 4.79 Å². The molecule has 0 aliphatic carbocycles. The summed E-state index contributed by atoms with van der Waals surface area (Å²) >= 11 is 6.45. The van der Waals surface area contributed by atoms with Gasteiger partial charge < -0.3 is 15.8 Å². The van der Waals surface area contributed by atoms with Crippen LogP contribution >= 0.6 is 23.6 Å². The number of rotatable bonds is 6. The van der Waals surface area contributed by atoms with Crippen molar-refractivity contribution in [3.8, 4) is 5.75 Å². The zero-order valence-corrected chi connectivity index (χ0v) is 13.1. The summed E-state index contributed by atoms with van der Waals surface area (Å²) in [6.45, 7) is 2.28. The summed E-state index contributed by atoms with van der Waals surface area (Å²) in [5, 5.41) is 2.79. The first-order chi connectivity index (χ1) is 10.1. The maximum Gasteiger partial charge on any atom is 0.258 e. The summed E-state index contributed by atoms with van der Waals surface area (Å²) in [5.74, 6) is 0.301. The van der Waals surface area contributed by atoms with Crippen LogP contribution < -0.4 is 15.8 Å². The molecule has 0 saturated heterocycles. The number of aromatic nitrogens is 1. The number of aryl methyl sites for hydroxylation is 1. The molecule has 0 aliphatic heterocycles. The van der Waals surface area contributed by atoms with E-state index >= 15 is 0 Å².